The molecule has 1 atom stereocenters. The molecule has 0 heterocycles. The molecule has 1 rings (SSSR count). The molecule has 94 valence electrons. The number of halogens is 1. The molecule has 0 saturated carbocycles. The summed E-state index contributed by atoms with van der Waals surface area (Å²) >= 11 is 3.33. The molecule has 3 nitrogen and oxygen atoms in total. The first kappa shape index (κ1) is 14.4. The van der Waals surface area contributed by atoms with Crippen molar-refractivity contribution in [2.24, 2.45) is 5.41 Å². The number of carbonyl (C=O) groups excluding carboxylic acids is 1. The minimum absolute atomic E-state index is 0.246. The Bertz CT molecular complexity index is 443. The van der Waals surface area contributed by atoms with Crippen LogP contribution in [0.5, 0.6) is 0 Å². The smallest absolute Gasteiger partial charge is 0.312 e. The van der Waals surface area contributed by atoms with Crippen molar-refractivity contribution in [2.75, 3.05) is 12.9 Å². The topological polar surface area (TPSA) is 43.4 Å². The van der Waals surface area contributed by atoms with Crippen LogP contribution in [0.25, 0.3) is 0 Å². The number of carbonyl (C=O) groups is 1. The summed E-state index contributed by atoms with van der Waals surface area (Å²) in [5.74, 6) is -0.100. The normalized spacial score (nSPS) is 13.2. The fraction of sp³-hybridized carbons (Fsp3) is 0.417. The Morgan fingerprint density at radius 3 is 2.65 bits per heavy atom. The van der Waals surface area contributed by atoms with E-state index in [0.717, 1.165) is 4.47 Å². The lowest BCUT2D eigenvalue weighted by Gasteiger charge is -2.20. The predicted molar refractivity (Wildman–Crippen MR) is 71.2 cm³/mol. The van der Waals surface area contributed by atoms with E-state index in [9.17, 15) is 9.00 Å². The number of rotatable bonds is 4. The molecular weight excluding hydrogens is 304 g/mol. The number of benzene rings is 1. The van der Waals surface area contributed by atoms with Crippen molar-refractivity contribution in [3.63, 3.8) is 0 Å². The minimum atomic E-state index is -1.22. The summed E-state index contributed by atoms with van der Waals surface area (Å²) in [6.45, 7) is 3.46. The number of methoxy groups -OCH3 is 1. The molecule has 1 aromatic rings. The van der Waals surface area contributed by atoms with Crippen molar-refractivity contribution in [3.05, 3.63) is 28.7 Å². The van der Waals surface area contributed by atoms with Crippen molar-refractivity contribution in [1.29, 1.82) is 0 Å². The van der Waals surface area contributed by atoms with Crippen molar-refractivity contribution in [1.82, 2.24) is 0 Å². The summed E-state index contributed by atoms with van der Waals surface area (Å²) in [4.78, 5) is 12.2. The second-order valence-corrected chi connectivity index (χ2v) is 6.69. The highest BCUT2D eigenvalue weighted by Crippen LogP contribution is 2.23. The summed E-state index contributed by atoms with van der Waals surface area (Å²) < 4.78 is 17.7. The Balaban J connectivity index is 2.83. The molecular formula is C12H15BrO3S. The highest BCUT2D eigenvalue weighted by atomic mass is 79.9. The average Bonchev–Trinajstić information content (AvgIpc) is 2.27. The van der Waals surface area contributed by atoms with Gasteiger partial charge in [-0.05, 0) is 32.0 Å². The Morgan fingerprint density at radius 1 is 1.47 bits per heavy atom. The lowest BCUT2D eigenvalue weighted by molar-refractivity contribution is -0.149. The fourth-order valence-corrected chi connectivity index (χ4v) is 3.33. The zero-order valence-electron chi connectivity index (χ0n) is 10.0. The summed E-state index contributed by atoms with van der Waals surface area (Å²) in [6, 6.07) is 7.27. The van der Waals surface area contributed by atoms with Gasteiger partial charge in [0.15, 0.2) is 0 Å². The van der Waals surface area contributed by atoms with Crippen LogP contribution < -0.4 is 0 Å². The summed E-state index contributed by atoms with van der Waals surface area (Å²) in [7, 11) is 0.123. The van der Waals surface area contributed by atoms with Gasteiger partial charge in [0.05, 0.1) is 23.3 Å². The van der Waals surface area contributed by atoms with Crippen LogP contribution >= 0.6 is 15.9 Å². The van der Waals surface area contributed by atoms with Crippen molar-refractivity contribution in [3.8, 4) is 0 Å². The van der Waals surface area contributed by atoms with Gasteiger partial charge in [0, 0.05) is 15.1 Å². The maximum atomic E-state index is 12.1. The quantitative estimate of drug-likeness (QED) is 0.802. The van der Waals surface area contributed by atoms with Crippen molar-refractivity contribution < 1.29 is 13.7 Å². The molecule has 0 radical (unpaired) electrons. The van der Waals surface area contributed by atoms with Crippen LogP contribution in [-0.4, -0.2) is 23.0 Å². The lowest BCUT2D eigenvalue weighted by atomic mass is 9.97. The molecule has 0 N–H and O–H groups in total. The largest absolute Gasteiger partial charge is 0.469 e. The van der Waals surface area contributed by atoms with E-state index in [2.05, 4.69) is 15.9 Å². The standard InChI is InChI=1S/C12H15BrO3S/c1-12(2,11(14)16-3)8-17(15)10-6-4-5-9(13)7-10/h4-7H,8H2,1-3H3. The molecule has 0 fully saturated rings. The van der Waals surface area contributed by atoms with E-state index in [1.807, 2.05) is 12.1 Å². The van der Waals surface area contributed by atoms with Gasteiger partial charge >= 0.3 is 5.97 Å². The molecule has 0 spiro atoms. The van der Waals surface area contributed by atoms with Crippen LogP contribution in [0.1, 0.15) is 13.8 Å². The van der Waals surface area contributed by atoms with E-state index in [-0.39, 0.29) is 11.7 Å². The second-order valence-electron chi connectivity index (χ2n) is 4.32. The van der Waals surface area contributed by atoms with Gasteiger partial charge in [0.2, 0.25) is 0 Å². The monoisotopic (exact) mass is 318 g/mol. The van der Waals surface area contributed by atoms with Gasteiger partial charge in [-0.3, -0.25) is 9.00 Å². The molecule has 1 aromatic carbocycles. The summed E-state index contributed by atoms with van der Waals surface area (Å²) in [5.41, 5.74) is -0.748. The zero-order valence-corrected chi connectivity index (χ0v) is 12.4. The SMILES string of the molecule is COC(=O)C(C)(C)CS(=O)c1cccc(Br)c1. The maximum Gasteiger partial charge on any atom is 0.312 e. The number of hydrogen-bond donors (Lipinski definition) is 0. The molecule has 17 heavy (non-hydrogen) atoms. The van der Waals surface area contributed by atoms with Crippen LogP contribution in [0.2, 0.25) is 0 Å². The Kier molecular flexibility index (Phi) is 4.89. The van der Waals surface area contributed by atoms with E-state index in [4.69, 9.17) is 4.74 Å². The van der Waals surface area contributed by atoms with Gasteiger partial charge < -0.3 is 4.74 Å². The molecule has 0 amide bonds. The van der Waals surface area contributed by atoms with Crippen molar-refractivity contribution in [2.45, 2.75) is 18.7 Å². The van der Waals surface area contributed by atoms with Crippen LogP contribution in [0.4, 0.5) is 0 Å². The molecule has 5 heteroatoms. The Hall–Kier alpha value is -0.680. The van der Waals surface area contributed by atoms with Gasteiger partial charge in [-0.25, -0.2) is 0 Å². The number of esters is 1. The lowest BCUT2D eigenvalue weighted by Crippen LogP contribution is -2.31. The molecule has 0 saturated heterocycles. The third kappa shape index (κ3) is 3.92. The molecule has 0 bridgehead atoms. The minimum Gasteiger partial charge on any atom is -0.469 e. The zero-order chi connectivity index (χ0) is 13.1. The third-order valence-electron chi connectivity index (χ3n) is 2.29. The molecule has 1 unspecified atom stereocenters. The van der Waals surface area contributed by atoms with Crippen LogP contribution in [0, 0.1) is 5.41 Å². The summed E-state index contributed by atoms with van der Waals surface area (Å²) in [6.07, 6.45) is 0. The molecule has 0 aromatic heterocycles. The first-order valence-electron chi connectivity index (χ1n) is 5.09. The number of hydrogen-bond acceptors (Lipinski definition) is 3. The highest BCUT2D eigenvalue weighted by molar-refractivity contribution is 9.10. The van der Waals surface area contributed by atoms with E-state index < -0.39 is 16.2 Å². The first-order valence-corrected chi connectivity index (χ1v) is 7.20. The Morgan fingerprint density at radius 2 is 2.12 bits per heavy atom. The first-order chi connectivity index (χ1) is 7.86. The van der Waals surface area contributed by atoms with Gasteiger partial charge in [0.1, 0.15) is 0 Å². The molecule has 0 aliphatic rings. The third-order valence-corrected chi connectivity index (χ3v) is 4.55. The predicted octanol–water partition coefficient (Wildman–Crippen LogP) is 2.76. The van der Waals surface area contributed by atoms with E-state index in [1.54, 1.807) is 26.0 Å². The molecule has 0 aliphatic heterocycles. The van der Waals surface area contributed by atoms with Crippen LogP contribution in [-0.2, 0) is 20.3 Å². The van der Waals surface area contributed by atoms with Gasteiger partial charge in [-0.2, -0.15) is 0 Å². The average molecular weight is 319 g/mol. The second kappa shape index (κ2) is 5.78. The van der Waals surface area contributed by atoms with Crippen LogP contribution in [0.3, 0.4) is 0 Å². The van der Waals surface area contributed by atoms with Gasteiger partial charge in [0.25, 0.3) is 0 Å². The van der Waals surface area contributed by atoms with E-state index in [0.29, 0.717) is 4.90 Å². The maximum absolute atomic E-state index is 12.1. The van der Waals surface area contributed by atoms with E-state index in [1.165, 1.54) is 7.11 Å². The van der Waals surface area contributed by atoms with Gasteiger partial charge in [-0.15, -0.1) is 0 Å². The van der Waals surface area contributed by atoms with Gasteiger partial charge in [-0.1, -0.05) is 22.0 Å². The van der Waals surface area contributed by atoms with E-state index >= 15 is 0 Å². The van der Waals surface area contributed by atoms with Crippen molar-refractivity contribution >= 4 is 32.7 Å². The highest BCUT2D eigenvalue weighted by Gasteiger charge is 2.31. The Labute approximate surface area is 112 Å². The molecule has 0 aliphatic carbocycles. The summed E-state index contributed by atoms with van der Waals surface area (Å²) in [5, 5.41) is 0. The fourth-order valence-electron chi connectivity index (χ4n) is 1.35. The number of ether oxygens (including phenoxy) is 1. The van der Waals surface area contributed by atoms with Crippen LogP contribution in [0.15, 0.2) is 33.6 Å².